The van der Waals surface area contributed by atoms with Crippen molar-refractivity contribution < 1.29 is 28.9 Å². The third kappa shape index (κ3) is 8.55. The Bertz CT molecular complexity index is 1750. The normalized spacial score (nSPS) is 30.6. The quantitative estimate of drug-likeness (QED) is 0.181. The largest absolute Gasteiger partial charge is 0.459 e. The van der Waals surface area contributed by atoms with Crippen LogP contribution >= 0.6 is 0 Å². The van der Waals surface area contributed by atoms with Gasteiger partial charge in [-0.25, -0.2) is 4.79 Å². The molecular formula is C45H57N3O6. The summed E-state index contributed by atoms with van der Waals surface area (Å²) in [5.41, 5.74) is 5.47. The van der Waals surface area contributed by atoms with Gasteiger partial charge in [-0.2, -0.15) is 0 Å². The van der Waals surface area contributed by atoms with Gasteiger partial charge in [-0.1, -0.05) is 66.7 Å². The lowest BCUT2D eigenvalue weighted by atomic mass is 9.53. The SMILES string of the molecule is CC(C)(C)OC(=O)[C@@H]1CCCN1C[C@H]1C[C@@H](c2ccc(CO)cc2)O[C@@H](c2ccc(-c3cccc(CNC(=O)NC45CC6CC(CC(C6)C4)C5)c3)cc2)O1. The van der Waals surface area contributed by atoms with Gasteiger partial charge in [0, 0.05) is 30.6 Å². The minimum absolute atomic E-state index is 0.00451. The van der Waals surface area contributed by atoms with Crippen LogP contribution in [0.3, 0.4) is 0 Å². The topological polar surface area (TPSA) is 109 Å². The number of aliphatic hydroxyl groups is 1. The summed E-state index contributed by atoms with van der Waals surface area (Å²) in [6, 6.07) is 24.3. The number of benzene rings is 3. The number of ether oxygens (including phenoxy) is 3. The Morgan fingerprint density at radius 3 is 2.20 bits per heavy atom. The van der Waals surface area contributed by atoms with Gasteiger partial charge in [-0.3, -0.25) is 9.69 Å². The highest BCUT2D eigenvalue weighted by Crippen LogP contribution is 2.55. The fraction of sp³-hybridized carbons (Fsp3) is 0.556. The molecule has 3 aromatic carbocycles. The second-order valence-corrected chi connectivity index (χ2v) is 17.9. The van der Waals surface area contributed by atoms with Crippen molar-refractivity contribution in [3.8, 4) is 11.1 Å². The number of rotatable bonds is 10. The molecule has 4 aliphatic carbocycles. The number of nitrogens with zero attached hydrogens (tertiary/aromatic N) is 1. The molecule has 0 unspecified atom stereocenters. The van der Waals surface area contributed by atoms with Crippen molar-refractivity contribution in [2.24, 2.45) is 17.8 Å². The zero-order valence-electron chi connectivity index (χ0n) is 32.1. The zero-order valence-corrected chi connectivity index (χ0v) is 32.1. The van der Waals surface area contributed by atoms with E-state index in [0.717, 1.165) is 89.8 Å². The number of hydrogen-bond acceptors (Lipinski definition) is 7. The van der Waals surface area contributed by atoms with Gasteiger partial charge in [0.15, 0.2) is 6.29 Å². The predicted octanol–water partition coefficient (Wildman–Crippen LogP) is 7.97. The Morgan fingerprint density at radius 2 is 1.54 bits per heavy atom. The molecule has 2 aliphatic heterocycles. The summed E-state index contributed by atoms with van der Waals surface area (Å²) in [6.07, 6.45) is 8.88. The summed E-state index contributed by atoms with van der Waals surface area (Å²) in [4.78, 5) is 28.5. The predicted molar refractivity (Wildman–Crippen MR) is 207 cm³/mol. The van der Waals surface area contributed by atoms with Gasteiger partial charge >= 0.3 is 12.0 Å². The van der Waals surface area contributed by atoms with E-state index in [2.05, 4.69) is 58.0 Å². The zero-order chi connectivity index (χ0) is 37.5. The van der Waals surface area contributed by atoms with E-state index in [-0.39, 0.29) is 42.4 Å². The molecule has 2 heterocycles. The van der Waals surface area contributed by atoms with Gasteiger partial charge in [0.05, 0.1) is 18.8 Å². The lowest BCUT2D eigenvalue weighted by Gasteiger charge is -2.56. The van der Waals surface area contributed by atoms with Crippen molar-refractivity contribution in [1.82, 2.24) is 15.5 Å². The molecule has 4 bridgehead atoms. The molecule has 54 heavy (non-hydrogen) atoms. The molecule has 2 amide bonds. The van der Waals surface area contributed by atoms with Gasteiger partial charge in [-0.15, -0.1) is 0 Å². The standard InChI is InChI=1S/C45H57N3O6/c1-44(2,3)54-41(50)39-8-5-17-48(39)27-38-22-40(35-11-9-29(28-49)10-12-35)53-42(52-38)36-15-13-34(14-16-36)37-7-4-6-30(21-37)26-46-43(51)47-45-23-31-18-32(24-45)20-33(19-31)25-45/h4,6-7,9-16,21,31-33,38-40,42,49H,5,8,17-20,22-28H2,1-3H3,(H2,46,47,51)/t31?,32?,33?,38-,39+,40+,42+,45?/m1/s1. The summed E-state index contributed by atoms with van der Waals surface area (Å²) in [5, 5.41) is 16.2. The van der Waals surface area contributed by atoms with E-state index in [0.29, 0.717) is 19.5 Å². The second-order valence-electron chi connectivity index (χ2n) is 17.9. The molecule has 4 saturated carbocycles. The molecular weight excluding hydrogens is 679 g/mol. The number of carbonyl (C=O) groups is 2. The van der Waals surface area contributed by atoms with E-state index in [1.54, 1.807) is 0 Å². The van der Waals surface area contributed by atoms with Crippen LogP contribution in [0.25, 0.3) is 11.1 Å². The minimum atomic E-state index is -0.592. The molecule has 0 radical (unpaired) electrons. The average molecular weight is 736 g/mol. The molecule has 288 valence electrons. The Morgan fingerprint density at radius 1 is 0.852 bits per heavy atom. The maximum Gasteiger partial charge on any atom is 0.323 e. The van der Waals surface area contributed by atoms with Gasteiger partial charge in [-0.05, 0) is 130 Å². The first-order valence-electron chi connectivity index (χ1n) is 20.2. The van der Waals surface area contributed by atoms with Gasteiger partial charge < -0.3 is 30.0 Å². The van der Waals surface area contributed by atoms with Crippen molar-refractivity contribution >= 4 is 12.0 Å². The van der Waals surface area contributed by atoms with Crippen molar-refractivity contribution in [2.75, 3.05) is 13.1 Å². The Kier molecular flexibility index (Phi) is 10.6. The molecule has 3 aromatic rings. The van der Waals surface area contributed by atoms with E-state index in [4.69, 9.17) is 14.2 Å². The minimum Gasteiger partial charge on any atom is -0.459 e. The first-order chi connectivity index (χ1) is 26.0. The van der Waals surface area contributed by atoms with Crippen LogP contribution in [-0.4, -0.2) is 58.4 Å². The fourth-order valence-electron chi connectivity index (χ4n) is 10.4. The van der Waals surface area contributed by atoms with E-state index >= 15 is 0 Å². The van der Waals surface area contributed by atoms with Gasteiger partial charge in [0.25, 0.3) is 0 Å². The van der Waals surface area contributed by atoms with Gasteiger partial charge in [0.2, 0.25) is 0 Å². The lowest BCUT2D eigenvalue weighted by molar-refractivity contribution is -0.253. The van der Waals surface area contributed by atoms with Crippen LogP contribution in [-0.2, 0) is 32.2 Å². The van der Waals surface area contributed by atoms with Crippen molar-refractivity contribution in [3.63, 3.8) is 0 Å². The molecule has 3 N–H and O–H groups in total. The second kappa shape index (κ2) is 15.4. The van der Waals surface area contributed by atoms with Crippen LogP contribution in [0.1, 0.15) is 113 Å². The summed E-state index contributed by atoms with van der Waals surface area (Å²) < 4.78 is 19.1. The number of amides is 2. The number of likely N-dealkylation sites (tertiary alicyclic amines) is 1. The molecule has 2 saturated heterocycles. The third-order valence-corrected chi connectivity index (χ3v) is 12.4. The number of carbonyl (C=O) groups excluding carboxylic acids is 2. The maximum atomic E-state index is 13.1. The van der Waals surface area contributed by atoms with Crippen LogP contribution in [0.5, 0.6) is 0 Å². The maximum absolute atomic E-state index is 13.1. The smallest absolute Gasteiger partial charge is 0.323 e. The molecule has 9 rings (SSSR count). The fourth-order valence-corrected chi connectivity index (χ4v) is 10.4. The third-order valence-electron chi connectivity index (χ3n) is 12.4. The summed E-state index contributed by atoms with van der Waals surface area (Å²) in [6.45, 7) is 7.62. The van der Waals surface area contributed by atoms with E-state index in [9.17, 15) is 14.7 Å². The molecule has 6 aliphatic rings. The number of aliphatic hydroxyl groups excluding tert-OH is 1. The molecule has 6 fully saturated rings. The van der Waals surface area contributed by atoms with Crippen molar-refractivity contribution in [3.05, 3.63) is 95.1 Å². The van der Waals surface area contributed by atoms with Crippen LogP contribution in [0, 0.1) is 17.8 Å². The summed E-state index contributed by atoms with van der Waals surface area (Å²) in [7, 11) is 0. The lowest BCUT2D eigenvalue weighted by Crippen LogP contribution is -2.61. The number of esters is 1. The summed E-state index contributed by atoms with van der Waals surface area (Å²) in [5.74, 6) is 2.20. The Balaban J connectivity index is 0.930. The number of urea groups is 1. The molecule has 9 heteroatoms. The Hall–Kier alpha value is -3.76. The Labute approximate surface area is 320 Å². The van der Waals surface area contributed by atoms with Crippen LogP contribution < -0.4 is 10.6 Å². The highest BCUT2D eigenvalue weighted by atomic mass is 16.7. The van der Waals surface area contributed by atoms with Gasteiger partial charge in [0.1, 0.15) is 11.6 Å². The van der Waals surface area contributed by atoms with Crippen LogP contribution in [0.4, 0.5) is 4.79 Å². The monoisotopic (exact) mass is 735 g/mol. The molecule has 9 nitrogen and oxygen atoms in total. The molecule has 0 aromatic heterocycles. The van der Waals surface area contributed by atoms with E-state index in [1.165, 1.54) is 19.3 Å². The number of hydrogen-bond donors (Lipinski definition) is 3. The van der Waals surface area contributed by atoms with E-state index < -0.39 is 11.9 Å². The van der Waals surface area contributed by atoms with Crippen molar-refractivity contribution in [1.29, 1.82) is 0 Å². The highest BCUT2D eigenvalue weighted by Gasteiger charge is 2.51. The number of nitrogens with one attached hydrogen (secondary N) is 2. The highest BCUT2D eigenvalue weighted by molar-refractivity contribution is 5.76. The molecule has 4 atom stereocenters. The summed E-state index contributed by atoms with van der Waals surface area (Å²) >= 11 is 0. The van der Waals surface area contributed by atoms with E-state index in [1.807, 2.05) is 51.1 Å². The average Bonchev–Trinajstić information content (AvgIpc) is 3.61. The first-order valence-corrected chi connectivity index (χ1v) is 20.2. The van der Waals surface area contributed by atoms with Crippen LogP contribution in [0.2, 0.25) is 0 Å². The first kappa shape index (κ1) is 37.2. The van der Waals surface area contributed by atoms with Crippen molar-refractivity contribution in [2.45, 2.75) is 127 Å². The van der Waals surface area contributed by atoms with Crippen LogP contribution in [0.15, 0.2) is 72.8 Å². The molecule has 0 spiro atoms.